The Labute approximate surface area is 168 Å². The van der Waals surface area contributed by atoms with Crippen LogP contribution in [0.2, 0.25) is 0 Å². The van der Waals surface area contributed by atoms with E-state index in [1.54, 1.807) is 4.68 Å². The molecule has 2 aromatic heterocycles. The number of rotatable bonds is 4. The van der Waals surface area contributed by atoms with Gasteiger partial charge in [-0.1, -0.05) is 30.3 Å². The van der Waals surface area contributed by atoms with Crippen LogP contribution in [0.4, 0.5) is 0 Å². The lowest BCUT2D eigenvalue weighted by Gasteiger charge is -2.18. The maximum absolute atomic E-state index is 13.3. The fourth-order valence-corrected chi connectivity index (χ4v) is 4.80. The van der Waals surface area contributed by atoms with Gasteiger partial charge in [-0.05, 0) is 43.6 Å². The van der Waals surface area contributed by atoms with Gasteiger partial charge in [0.1, 0.15) is 0 Å². The summed E-state index contributed by atoms with van der Waals surface area (Å²) in [4.78, 5) is 17.6. The first-order valence-corrected chi connectivity index (χ1v) is 10.2. The van der Waals surface area contributed by atoms with Crippen LogP contribution in [-0.2, 0) is 12.0 Å². The number of carbonyl (C=O) groups excluding carboxylic acids is 1. The van der Waals surface area contributed by atoms with E-state index in [0.29, 0.717) is 23.3 Å². The summed E-state index contributed by atoms with van der Waals surface area (Å²) < 4.78 is 2.45. The molecule has 1 aromatic carbocycles. The molecule has 0 spiro atoms. The van der Waals surface area contributed by atoms with Crippen LogP contribution in [-0.4, -0.2) is 20.7 Å². The van der Waals surface area contributed by atoms with Gasteiger partial charge in [-0.3, -0.25) is 4.79 Å². The summed E-state index contributed by atoms with van der Waals surface area (Å²) in [7, 11) is 0. The fraction of sp³-hybridized carbons (Fsp3) is 0.364. The predicted molar refractivity (Wildman–Crippen MR) is 104 cm³/mol. The van der Waals surface area contributed by atoms with Crippen molar-refractivity contribution in [3.05, 3.63) is 76.6 Å². The number of fused-ring (bicyclic) bond motifs is 3. The van der Waals surface area contributed by atoms with Crippen molar-refractivity contribution in [3.8, 4) is 5.82 Å². The molecule has 0 unspecified atom stereocenters. The SMILES string of the molecule is O=C(NC1(c2ccccc2)CC1)c1nn(-c2c[n+]([O-])ccn2)c2c1CC[C@@H]1C[C@H]21. The second-order valence-corrected chi connectivity index (χ2v) is 8.44. The van der Waals surface area contributed by atoms with Crippen molar-refractivity contribution < 1.29 is 9.52 Å². The van der Waals surface area contributed by atoms with E-state index in [4.69, 9.17) is 0 Å². The molecule has 7 heteroatoms. The minimum atomic E-state index is -0.283. The molecule has 0 saturated heterocycles. The third-order valence-corrected chi connectivity index (χ3v) is 6.59. The first kappa shape index (κ1) is 16.7. The van der Waals surface area contributed by atoms with Crippen LogP contribution < -0.4 is 10.0 Å². The molecule has 1 amide bonds. The molecule has 7 nitrogen and oxygen atoms in total. The summed E-state index contributed by atoms with van der Waals surface area (Å²) in [6.07, 6.45) is 9.17. The van der Waals surface area contributed by atoms with E-state index in [1.165, 1.54) is 18.6 Å². The van der Waals surface area contributed by atoms with Crippen molar-refractivity contribution in [1.29, 1.82) is 0 Å². The second-order valence-electron chi connectivity index (χ2n) is 8.44. The summed E-state index contributed by atoms with van der Waals surface area (Å²) in [6, 6.07) is 10.1. The van der Waals surface area contributed by atoms with Gasteiger partial charge in [0.2, 0.25) is 12.0 Å². The third-order valence-electron chi connectivity index (χ3n) is 6.59. The van der Waals surface area contributed by atoms with E-state index in [-0.39, 0.29) is 11.4 Å². The third kappa shape index (κ3) is 2.64. The number of hydrogen-bond acceptors (Lipinski definition) is 4. The van der Waals surface area contributed by atoms with Gasteiger partial charge in [0.05, 0.1) is 17.4 Å². The van der Waals surface area contributed by atoms with Crippen LogP contribution in [0.5, 0.6) is 0 Å². The molecule has 3 aliphatic carbocycles. The number of nitrogens with one attached hydrogen (secondary N) is 1. The molecule has 2 fully saturated rings. The van der Waals surface area contributed by atoms with Crippen LogP contribution in [0.15, 0.2) is 48.9 Å². The Morgan fingerprint density at radius 1 is 1.28 bits per heavy atom. The first-order valence-electron chi connectivity index (χ1n) is 10.2. The molecule has 146 valence electrons. The Morgan fingerprint density at radius 2 is 2.10 bits per heavy atom. The Morgan fingerprint density at radius 3 is 2.86 bits per heavy atom. The van der Waals surface area contributed by atoms with Crippen molar-refractivity contribution in [1.82, 2.24) is 20.1 Å². The van der Waals surface area contributed by atoms with Crippen molar-refractivity contribution in [2.24, 2.45) is 5.92 Å². The molecule has 1 N–H and O–H groups in total. The van der Waals surface area contributed by atoms with Crippen LogP contribution in [0.25, 0.3) is 5.82 Å². The smallest absolute Gasteiger partial charge is 0.272 e. The lowest BCUT2D eigenvalue weighted by Crippen LogP contribution is -2.35. The Bertz CT molecular complexity index is 1120. The summed E-state index contributed by atoms with van der Waals surface area (Å²) in [5, 5.41) is 19.7. The van der Waals surface area contributed by atoms with Gasteiger partial charge in [0.15, 0.2) is 11.9 Å². The standard InChI is InChI=1S/C22H21N5O2/c28-21(24-22(8-9-22)15-4-2-1-3-5-15)19-16-7-6-14-12-17(14)20(16)27(25-19)18-13-26(29)11-10-23-18/h1-5,10-11,13-14,17H,6-9,12H2,(H,24,28)/t14-,17+/m1/s1. The van der Waals surface area contributed by atoms with Gasteiger partial charge in [0.25, 0.3) is 5.91 Å². The van der Waals surface area contributed by atoms with Gasteiger partial charge in [-0.15, -0.1) is 0 Å². The predicted octanol–water partition coefficient (Wildman–Crippen LogP) is 2.37. The Kier molecular flexibility index (Phi) is 3.39. The van der Waals surface area contributed by atoms with E-state index in [2.05, 4.69) is 27.5 Å². The van der Waals surface area contributed by atoms with Gasteiger partial charge in [0, 0.05) is 11.5 Å². The number of benzene rings is 1. The van der Waals surface area contributed by atoms with Crippen LogP contribution in [0, 0.1) is 11.1 Å². The minimum Gasteiger partial charge on any atom is -0.619 e. The highest BCUT2D eigenvalue weighted by molar-refractivity contribution is 5.95. The van der Waals surface area contributed by atoms with E-state index in [9.17, 15) is 10.0 Å². The highest BCUT2D eigenvalue weighted by Gasteiger charge is 2.49. The fourth-order valence-electron chi connectivity index (χ4n) is 4.80. The molecular weight excluding hydrogens is 366 g/mol. The number of aromatic nitrogens is 4. The molecule has 2 atom stereocenters. The van der Waals surface area contributed by atoms with E-state index < -0.39 is 0 Å². The highest BCUT2D eigenvalue weighted by Crippen LogP contribution is 2.55. The zero-order chi connectivity index (χ0) is 19.6. The topological polar surface area (TPSA) is 86.8 Å². The maximum atomic E-state index is 13.3. The largest absolute Gasteiger partial charge is 0.619 e. The summed E-state index contributed by atoms with van der Waals surface area (Å²) in [5.41, 5.74) is 3.43. The molecule has 0 bridgehead atoms. The minimum absolute atomic E-state index is 0.133. The van der Waals surface area contributed by atoms with Crippen LogP contribution in [0.3, 0.4) is 0 Å². The van der Waals surface area contributed by atoms with Crippen LogP contribution in [0.1, 0.15) is 58.9 Å². The summed E-state index contributed by atoms with van der Waals surface area (Å²) >= 11 is 0. The average Bonchev–Trinajstić information content (AvgIpc) is 3.66. The highest BCUT2D eigenvalue weighted by atomic mass is 16.5. The normalized spacial score (nSPS) is 23.0. The molecule has 3 aromatic rings. The number of carbonyl (C=O) groups is 1. The quantitative estimate of drug-likeness (QED) is 0.550. The Hall–Kier alpha value is -3.22. The van der Waals surface area contributed by atoms with E-state index >= 15 is 0 Å². The molecule has 6 rings (SSSR count). The lowest BCUT2D eigenvalue weighted by molar-refractivity contribution is -0.605. The second kappa shape index (κ2) is 5.89. The molecule has 2 saturated carbocycles. The van der Waals surface area contributed by atoms with Gasteiger partial charge < -0.3 is 10.5 Å². The molecule has 3 aliphatic rings. The summed E-state index contributed by atoms with van der Waals surface area (Å²) in [5.74, 6) is 1.41. The number of hydrogen-bond donors (Lipinski definition) is 1. The first-order chi connectivity index (χ1) is 14.1. The monoisotopic (exact) mass is 387 g/mol. The van der Waals surface area contributed by atoms with Gasteiger partial charge in [-0.2, -0.15) is 9.83 Å². The van der Waals surface area contributed by atoms with Crippen molar-refractivity contribution in [2.75, 3.05) is 0 Å². The van der Waals surface area contributed by atoms with Crippen molar-refractivity contribution >= 4 is 5.91 Å². The maximum Gasteiger partial charge on any atom is 0.272 e. The molecule has 0 radical (unpaired) electrons. The molecule has 2 heterocycles. The molecular formula is C22H21N5O2. The van der Waals surface area contributed by atoms with Crippen molar-refractivity contribution in [2.45, 2.75) is 43.6 Å². The zero-order valence-corrected chi connectivity index (χ0v) is 15.9. The molecule has 0 aliphatic heterocycles. The molecule has 29 heavy (non-hydrogen) atoms. The van der Waals surface area contributed by atoms with Gasteiger partial charge in [-0.25, -0.2) is 9.67 Å². The average molecular weight is 387 g/mol. The van der Waals surface area contributed by atoms with Crippen molar-refractivity contribution in [3.63, 3.8) is 0 Å². The lowest BCUT2D eigenvalue weighted by atomic mass is 9.95. The Balaban J connectivity index is 1.39. The van der Waals surface area contributed by atoms with Gasteiger partial charge >= 0.3 is 0 Å². The zero-order valence-electron chi connectivity index (χ0n) is 15.9. The van der Waals surface area contributed by atoms with E-state index in [1.807, 2.05) is 18.2 Å². The van der Waals surface area contributed by atoms with Crippen LogP contribution >= 0.6 is 0 Å². The summed E-state index contributed by atoms with van der Waals surface area (Å²) in [6.45, 7) is 0. The number of nitrogens with zero attached hydrogens (tertiary/aromatic N) is 4. The number of amides is 1. The van der Waals surface area contributed by atoms with E-state index in [0.717, 1.165) is 53.7 Å².